The second kappa shape index (κ2) is 9.35. The van der Waals surface area contributed by atoms with Gasteiger partial charge in [-0.1, -0.05) is 33.6 Å². The number of carbonyl (C=O) groups is 1. The van der Waals surface area contributed by atoms with Crippen molar-refractivity contribution in [3.63, 3.8) is 0 Å². The highest BCUT2D eigenvalue weighted by Gasteiger charge is 2.24. The van der Waals surface area contributed by atoms with E-state index in [4.69, 9.17) is 4.74 Å². The lowest BCUT2D eigenvalue weighted by Gasteiger charge is -2.26. The van der Waals surface area contributed by atoms with Crippen molar-refractivity contribution >= 4 is 5.97 Å². The van der Waals surface area contributed by atoms with Gasteiger partial charge in [-0.05, 0) is 38.3 Å². The van der Waals surface area contributed by atoms with E-state index in [0.717, 1.165) is 25.6 Å². The van der Waals surface area contributed by atoms with Crippen molar-refractivity contribution in [2.75, 3.05) is 26.7 Å². The molecule has 1 fully saturated rings. The maximum atomic E-state index is 11.9. The average Bonchev–Trinajstić information content (AvgIpc) is 2.63. The number of hydrogen-bond acceptors (Lipinski definition) is 4. The van der Waals surface area contributed by atoms with E-state index in [-0.39, 0.29) is 12.0 Å². The molecule has 2 atom stereocenters. The third-order valence-corrected chi connectivity index (χ3v) is 4.10. The molecule has 0 radical (unpaired) electrons. The number of nitrogens with zero attached hydrogens (tertiary/aromatic N) is 1. The van der Waals surface area contributed by atoms with Crippen LogP contribution in [0, 0.1) is 5.92 Å². The summed E-state index contributed by atoms with van der Waals surface area (Å²) in [6, 6.07) is 0.0849. The van der Waals surface area contributed by atoms with E-state index in [0.29, 0.717) is 6.04 Å². The van der Waals surface area contributed by atoms with E-state index in [9.17, 15) is 4.79 Å². The van der Waals surface area contributed by atoms with Crippen molar-refractivity contribution in [1.29, 1.82) is 0 Å². The maximum absolute atomic E-state index is 11.9. The first-order chi connectivity index (χ1) is 9.56. The molecule has 2 unspecified atom stereocenters. The van der Waals surface area contributed by atoms with Gasteiger partial charge in [0.05, 0.1) is 7.11 Å². The van der Waals surface area contributed by atoms with Gasteiger partial charge in [-0.15, -0.1) is 0 Å². The van der Waals surface area contributed by atoms with E-state index in [1.165, 1.54) is 39.2 Å². The van der Waals surface area contributed by atoms with E-state index in [1.807, 2.05) is 0 Å². The molecule has 118 valence electrons. The molecule has 1 aliphatic heterocycles. The molecule has 0 saturated carbocycles. The number of ether oxygens (including phenoxy) is 1. The quantitative estimate of drug-likeness (QED) is 0.729. The molecule has 1 rings (SSSR count). The molecule has 0 aliphatic carbocycles. The lowest BCUT2D eigenvalue weighted by Crippen LogP contribution is -2.49. The molecular weight excluding hydrogens is 252 g/mol. The van der Waals surface area contributed by atoms with Crippen LogP contribution in [0.3, 0.4) is 0 Å². The van der Waals surface area contributed by atoms with Crippen LogP contribution in [0.5, 0.6) is 0 Å². The topological polar surface area (TPSA) is 41.6 Å². The average molecular weight is 284 g/mol. The molecule has 0 spiro atoms. The maximum Gasteiger partial charge on any atom is 0.324 e. The summed E-state index contributed by atoms with van der Waals surface area (Å²) in [5.74, 6) is 0.729. The molecule has 1 heterocycles. The van der Waals surface area contributed by atoms with Gasteiger partial charge in [0.25, 0.3) is 0 Å². The number of likely N-dealkylation sites (tertiary alicyclic amines) is 1. The predicted octanol–water partition coefficient (Wildman–Crippen LogP) is 2.43. The fourth-order valence-corrected chi connectivity index (χ4v) is 3.10. The lowest BCUT2D eigenvalue weighted by molar-refractivity contribution is -0.143. The molecule has 1 aliphatic rings. The molecule has 0 amide bonds. The van der Waals surface area contributed by atoms with Crippen LogP contribution < -0.4 is 5.32 Å². The van der Waals surface area contributed by atoms with E-state index >= 15 is 0 Å². The Morgan fingerprint density at radius 3 is 2.70 bits per heavy atom. The van der Waals surface area contributed by atoms with Gasteiger partial charge in [0.15, 0.2) is 0 Å². The van der Waals surface area contributed by atoms with Crippen LogP contribution in [0.15, 0.2) is 0 Å². The molecule has 0 aromatic heterocycles. The van der Waals surface area contributed by atoms with Gasteiger partial charge < -0.3 is 15.0 Å². The SMILES string of the molecule is CCCC1CCCN(CC(NC(C)C)C(=O)OC)CC1. The van der Waals surface area contributed by atoms with Crippen LogP contribution in [-0.2, 0) is 9.53 Å². The Morgan fingerprint density at radius 2 is 2.10 bits per heavy atom. The minimum Gasteiger partial charge on any atom is -0.468 e. The number of methoxy groups -OCH3 is 1. The van der Waals surface area contributed by atoms with Crippen LogP contribution in [0.25, 0.3) is 0 Å². The van der Waals surface area contributed by atoms with Gasteiger partial charge in [-0.2, -0.15) is 0 Å². The van der Waals surface area contributed by atoms with Crippen molar-refractivity contribution in [2.24, 2.45) is 5.92 Å². The molecule has 1 saturated heterocycles. The van der Waals surface area contributed by atoms with Gasteiger partial charge in [-0.3, -0.25) is 4.79 Å². The molecule has 0 aromatic rings. The molecule has 4 heteroatoms. The number of hydrogen-bond donors (Lipinski definition) is 1. The second-order valence-electron chi connectivity index (χ2n) is 6.28. The summed E-state index contributed by atoms with van der Waals surface area (Å²) in [6.07, 6.45) is 6.48. The van der Waals surface area contributed by atoms with E-state index in [2.05, 4.69) is 31.0 Å². The summed E-state index contributed by atoms with van der Waals surface area (Å²) in [7, 11) is 1.47. The summed E-state index contributed by atoms with van der Waals surface area (Å²) in [6.45, 7) is 9.38. The minimum atomic E-state index is -0.206. The predicted molar refractivity (Wildman–Crippen MR) is 82.8 cm³/mol. The molecular formula is C16H32N2O2. The first-order valence-corrected chi connectivity index (χ1v) is 8.13. The van der Waals surface area contributed by atoms with Crippen molar-refractivity contribution in [3.05, 3.63) is 0 Å². The molecule has 0 bridgehead atoms. The third kappa shape index (κ3) is 6.23. The Kier molecular flexibility index (Phi) is 8.15. The summed E-state index contributed by atoms with van der Waals surface area (Å²) in [5, 5.41) is 3.32. The number of rotatable bonds is 7. The Hall–Kier alpha value is -0.610. The zero-order valence-corrected chi connectivity index (χ0v) is 13.7. The molecule has 1 N–H and O–H groups in total. The van der Waals surface area contributed by atoms with E-state index < -0.39 is 0 Å². The van der Waals surface area contributed by atoms with Crippen LogP contribution in [0.1, 0.15) is 52.9 Å². The first-order valence-electron chi connectivity index (χ1n) is 8.13. The van der Waals surface area contributed by atoms with Crippen LogP contribution in [0.2, 0.25) is 0 Å². The number of esters is 1. The second-order valence-corrected chi connectivity index (χ2v) is 6.28. The van der Waals surface area contributed by atoms with Crippen LogP contribution in [-0.4, -0.2) is 49.7 Å². The standard InChI is InChI=1S/C16H32N2O2/c1-5-7-14-8-6-10-18(11-9-14)12-15(16(19)20-4)17-13(2)3/h13-15,17H,5-12H2,1-4H3. The van der Waals surface area contributed by atoms with Crippen LogP contribution in [0.4, 0.5) is 0 Å². The summed E-state index contributed by atoms with van der Waals surface area (Å²) in [4.78, 5) is 14.3. The monoisotopic (exact) mass is 284 g/mol. The Morgan fingerprint density at radius 1 is 1.35 bits per heavy atom. The smallest absolute Gasteiger partial charge is 0.324 e. The van der Waals surface area contributed by atoms with Gasteiger partial charge in [0.2, 0.25) is 0 Å². The highest BCUT2D eigenvalue weighted by molar-refractivity contribution is 5.75. The third-order valence-electron chi connectivity index (χ3n) is 4.10. The van der Waals surface area contributed by atoms with Gasteiger partial charge in [-0.25, -0.2) is 0 Å². The first kappa shape index (κ1) is 17.4. The lowest BCUT2D eigenvalue weighted by atomic mass is 9.96. The zero-order chi connectivity index (χ0) is 15.0. The van der Waals surface area contributed by atoms with Crippen molar-refractivity contribution < 1.29 is 9.53 Å². The molecule has 4 nitrogen and oxygen atoms in total. The van der Waals surface area contributed by atoms with Gasteiger partial charge in [0, 0.05) is 12.6 Å². The van der Waals surface area contributed by atoms with E-state index in [1.54, 1.807) is 0 Å². The summed E-state index contributed by atoms with van der Waals surface area (Å²) < 4.78 is 4.92. The Labute approximate surface area is 124 Å². The summed E-state index contributed by atoms with van der Waals surface area (Å²) >= 11 is 0. The largest absolute Gasteiger partial charge is 0.468 e. The zero-order valence-electron chi connectivity index (χ0n) is 13.7. The Bertz CT molecular complexity index is 282. The number of carbonyl (C=O) groups excluding carboxylic acids is 1. The molecule has 20 heavy (non-hydrogen) atoms. The van der Waals surface area contributed by atoms with Gasteiger partial charge in [0.1, 0.15) is 6.04 Å². The van der Waals surface area contributed by atoms with Crippen LogP contribution >= 0.6 is 0 Å². The highest BCUT2D eigenvalue weighted by Crippen LogP contribution is 2.22. The summed E-state index contributed by atoms with van der Waals surface area (Å²) in [5.41, 5.74) is 0. The highest BCUT2D eigenvalue weighted by atomic mass is 16.5. The minimum absolute atomic E-state index is 0.145. The normalized spacial score (nSPS) is 22.6. The fourth-order valence-electron chi connectivity index (χ4n) is 3.10. The number of nitrogens with one attached hydrogen (secondary N) is 1. The van der Waals surface area contributed by atoms with Crippen molar-refractivity contribution in [3.8, 4) is 0 Å². The fraction of sp³-hybridized carbons (Fsp3) is 0.938. The van der Waals surface area contributed by atoms with Gasteiger partial charge >= 0.3 is 5.97 Å². The molecule has 0 aromatic carbocycles. The van der Waals surface area contributed by atoms with Crippen molar-refractivity contribution in [2.45, 2.75) is 65.0 Å². The van der Waals surface area contributed by atoms with Crippen molar-refractivity contribution in [1.82, 2.24) is 10.2 Å². The Balaban J connectivity index is 2.49.